The molecule has 1 atom stereocenters. The molecule has 1 aliphatic heterocycles. The molecule has 1 saturated heterocycles. The van der Waals surface area contributed by atoms with Crippen molar-refractivity contribution in [2.24, 2.45) is 10.7 Å². The third-order valence-electron chi connectivity index (χ3n) is 3.35. The number of hydrogen-bond donors (Lipinski definition) is 2. The zero-order valence-electron chi connectivity index (χ0n) is 12.1. The number of ether oxygens (including phenoxy) is 1. The zero-order valence-corrected chi connectivity index (χ0v) is 15.1. The molecular formula is C15H23ClIN3O. The molecule has 0 bridgehead atoms. The SMILES string of the molecule is I.NC(=NCC1CCCO1)NCCCc1ccc(Cl)cc1. The quantitative estimate of drug-likeness (QED) is 0.320. The highest BCUT2D eigenvalue weighted by molar-refractivity contribution is 14.0. The molecule has 118 valence electrons. The maximum atomic E-state index is 5.85. The predicted octanol–water partition coefficient (Wildman–Crippen LogP) is 2.97. The molecular weight excluding hydrogens is 401 g/mol. The third-order valence-corrected chi connectivity index (χ3v) is 3.60. The molecule has 0 radical (unpaired) electrons. The second-order valence-corrected chi connectivity index (χ2v) is 5.45. The Kier molecular flexibility index (Phi) is 9.03. The van der Waals surface area contributed by atoms with E-state index < -0.39 is 0 Å². The number of aliphatic imine (C=N–C) groups is 1. The smallest absolute Gasteiger partial charge is 0.188 e. The molecule has 6 heteroatoms. The van der Waals surface area contributed by atoms with Crippen molar-refractivity contribution in [2.75, 3.05) is 19.7 Å². The van der Waals surface area contributed by atoms with Gasteiger partial charge < -0.3 is 15.8 Å². The lowest BCUT2D eigenvalue weighted by Crippen LogP contribution is -2.33. The summed E-state index contributed by atoms with van der Waals surface area (Å²) in [5, 5.41) is 3.91. The van der Waals surface area contributed by atoms with Gasteiger partial charge in [-0.15, -0.1) is 24.0 Å². The van der Waals surface area contributed by atoms with Crippen LogP contribution in [0.2, 0.25) is 5.02 Å². The molecule has 0 saturated carbocycles. The van der Waals surface area contributed by atoms with Crippen molar-refractivity contribution in [3.63, 3.8) is 0 Å². The normalized spacial score (nSPS) is 18.3. The molecule has 0 aromatic heterocycles. The lowest BCUT2D eigenvalue weighted by atomic mass is 10.1. The molecule has 1 aromatic rings. The summed E-state index contributed by atoms with van der Waals surface area (Å²) in [5.74, 6) is 0.511. The Balaban J connectivity index is 0.00000220. The van der Waals surface area contributed by atoms with E-state index in [9.17, 15) is 0 Å². The minimum atomic E-state index is 0. The third kappa shape index (κ3) is 7.33. The van der Waals surface area contributed by atoms with Gasteiger partial charge >= 0.3 is 0 Å². The Labute approximate surface area is 148 Å². The van der Waals surface area contributed by atoms with Gasteiger partial charge in [-0.1, -0.05) is 23.7 Å². The Hall–Kier alpha value is -0.530. The number of guanidine groups is 1. The van der Waals surface area contributed by atoms with E-state index in [2.05, 4.69) is 22.4 Å². The molecule has 4 nitrogen and oxygen atoms in total. The first-order chi connectivity index (χ1) is 9.74. The maximum absolute atomic E-state index is 5.85. The number of halogens is 2. The highest BCUT2D eigenvalue weighted by Gasteiger charge is 2.14. The first-order valence-corrected chi connectivity index (χ1v) is 7.51. The minimum Gasteiger partial charge on any atom is -0.376 e. The van der Waals surface area contributed by atoms with Crippen LogP contribution in [0.3, 0.4) is 0 Å². The fraction of sp³-hybridized carbons (Fsp3) is 0.533. The van der Waals surface area contributed by atoms with Gasteiger partial charge in [0.1, 0.15) is 0 Å². The highest BCUT2D eigenvalue weighted by atomic mass is 127. The summed E-state index contributed by atoms with van der Waals surface area (Å²) in [6.45, 7) is 2.34. The fourth-order valence-electron chi connectivity index (χ4n) is 2.20. The second kappa shape index (κ2) is 10.2. The zero-order chi connectivity index (χ0) is 14.2. The van der Waals surface area contributed by atoms with Gasteiger partial charge in [0, 0.05) is 18.2 Å². The van der Waals surface area contributed by atoms with Gasteiger partial charge in [0.25, 0.3) is 0 Å². The van der Waals surface area contributed by atoms with Crippen LogP contribution in [-0.4, -0.2) is 31.8 Å². The summed E-state index contributed by atoms with van der Waals surface area (Å²) in [6, 6.07) is 7.94. The summed E-state index contributed by atoms with van der Waals surface area (Å²) < 4.78 is 5.50. The van der Waals surface area contributed by atoms with E-state index >= 15 is 0 Å². The maximum Gasteiger partial charge on any atom is 0.188 e. The number of aryl methyl sites for hydroxylation is 1. The summed E-state index contributed by atoms with van der Waals surface area (Å²) >= 11 is 5.85. The van der Waals surface area contributed by atoms with E-state index in [4.69, 9.17) is 22.1 Å². The standard InChI is InChI=1S/C15H22ClN3O.HI/c16-13-7-5-12(6-8-13)3-1-9-18-15(17)19-11-14-4-2-10-20-14;/h5-8,14H,1-4,9-11H2,(H3,17,18,19);1H. The van der Waals surface area contributed by atoms with Crippen LogP contribution in [0.15, 0.2) is 29.3 Å². The summed E-state index contributed by atoms with van der Waals surface area (Å²) in [4.78, 5) is 4.30. The van der Waals surface area contributed by atoms with Gasteiger partial charge in [-0.05, 0) is 43.4 Å². The Morgan fingerprint density at radius 2 is 2.14 bits per heavy atom. The largest absolute Gasteiger partial charge is 0.376 e. The Morgan fingerprint density at radius 3 is 2.81 bits per heavy atom. The molecule has 3 N–H and O–H groups in total. The van der Waals surface area contributed by atoms with Crippen molar-refractivity contribution >= 4 is 41.5 Å². The number of nitrogens with zero attached hydrogens (tertiary/aromatic N) is 1. The summed E-state index contributed by atoms with van der Waals surface area (Å²) in [5.41, 5.74) is 7.10. The van der Waals surface area contributed by atoms with Crippen LogP contribution >= 0.6 is 35.6 Å². The van der Waals surface area contributed by atoms with Crippen molar-refractivity contribution in [3.05, 3.63) is 34.9 Å². The Morgan fingerprint density at radius 1 is 1.38 bits per heavy atom. The van der Waals surface area contributed by atoms with E-state index in [1.165, 1.54) is 5.56 Å². The van der Waals surface area contributed by atoms with Gasteiger partial charge in [-0.3, -0.25) is 4.99 Å². The summed E-state index contributed by atoms with van der Waals surface area (Å²) in [6.07, 6.45) is 4.49. The van der Waals surface area contributed by atoms with Crippen LogP contribution in [0.5, 0.6) is 0 Å². The van der Waals surface area contributed by atoms with Crippen LogP contribution in [0.1, 0.15) is 24.8 Å². The minimum absolute atomic E-state index is 0. The lowest BCUT2D eigenvalue weighted by molar-refractivity contribution is 0.118. The molecule has 1 aromatic carbocycles. The van der Waals surface area contributed by atoms with Crippen molar-refractivity contribution in [1.82, 2.24) is 5.32 Å². The van der Waals surface area contributed by atoms with E-state index in [-0.39, 0.29) is 30.1 Å². The number of rotatable bonds is 6. The molecule has 21 heavy (non-hydrogen) atoms. The second-order valence-electron chi connectivity index (χ2n) is 5.02. The van der Waals surface area contributed by atoms with E-state index in [1.54, 1.807) is 0 Å². The van der Waals surface area contributed by atoms with Crippen LogP contribution in [-0.2, 0) is 11.2 Å². The van der Waals surface area contributed by atoms with Crippen molar-refractivity contribution in [1.29, 1.82) is 0 Å². The molecule has 1 heterocycles. The average Bonchev–Trinajstić information content (AvgIpc) is 2.96. The van der Waals surface area contributed by atoms with E-state index in [1.807, 2.05) is 12.1 Å². The number of hydrogen-bond acceptors (Lipinski definition) is 2. The highest BCUT2D eigenvalue weighted by Crippen LogP contribution is 2.12. The molecule has 1 unspecified atom stereocenters. The van der Waals surface area contributed by atoms with E-state index in [0.29, 0.717) is 12.5 Å². The van der Waals surface area contributed by atoms with Crippen molar-refractivity contribution < 1.29 is 4.74 Å². The first kappa shape index (κ1) is 18.5. The first-order valence-electron chi connectivity index (χ1n) is 7.14. The van der Waals surface area contributed by atoms with E-state index in [0.717, 1.165) is 43.9 Å². The topological polar surface area (TPSA) is 59.6 Å². The average molecular weight is 424 g/mol. The van der Waals surface area contributed by atoms with Crippen LogP contribution < -0.4 is 11.1 Å². The predicted molar refractivity (Wildman–Crippen MR) is 98.7 cm³/mol. The van der Waals surface area contributed by atoms with Crippen LogP contribution in [0.4, 0.5) is 0 Å². The van der Waals surface area contributed by atoms with Crippen molar-refractivity contribution in [3.8, 4) is 0 Å². The van der Waals surface area contributed by atoms with Crippen LogP contribution in [0.25, 0.3) is 0 Å². The molecule has 1 aliphatic rings. The van der Waals surface area contributed by atoms with Gasteiger partial charge in [0.2, 0.25) is 0 Å². The number of nitrogens with two attached hydrogens (primary N) is 1. The molecule has 0 aliphatic carbocycles. The van der Waals surface area contributed by atoms with Gasteiger partial charge in [-0.2, -0.15) is 0 Å². The lowest BCUT2D eigenvalue weighted by Gasteiger charge is -2.08. The molecule has 0 amide bonds. The van der Waals surface area contributed by atoms with Gasteiger partial charge in [-0.25, -0.2) is 0 Å². The van der Waals surface area contributed by atoms with Gasteiger partial charge in [0.15, 0.2) is 5.96 Å². The van der Waals surface area contributed by atoms with Gasteiger partial charge in [0.05, 0.1) is 12.6 Å². The van der Waals surface area contributed by atoms with Crippen molar-refractivity contribution in [2.45, 2.75) is 31.8 Å². The molecule has 0 spiro atoms. The molecule has 1 fully saturated rings. The Bertz CT molecular complexity index is 433. The monoisotopic (exact) mass is 423 g/mol. The molecule has 2 rings (SSSR count). The fourth-order valence-corrected chi connectivity index (χ4v) is 2.33. The number of nitrogens with one attached hydrogen (secondary N) is 1. The van der Waals surface area contributed by atoms with Crippen LogP contribution in [0, 0.1) is 0 Å². The summed E-state index contributed by atoms with van der Waals surface area (Å²) in [7, 11) is 0. The number of benzene rings is 1.